The Balaban J connectivity index is 2.16. The van der Waals surface area contributed by atoms with Crippen LogP contribution >= 0.6 is 0 Å². The van der Waals surface area contributed by atoms with Crippen molar-refractivity contribution in [1.82, 2.24) is 9.29 Å². The second kappa shape index (κ2) is 8.60. The average Bonchev–Trinajstić information content (AvgIpc) is 2.72. The predicted octanol–water partition coefficient (Wildman–Crippen LogP) is 3.10. The maximum atomic E-state index is 13.1. The molecule has 1 unspecified atom stereocenters. The first-order valence-corrected chi connectivity index (χ1v) is 10.7. The van der Waals surface area contributed by atoms with E-state index >= 15 is 0 Å². The quantitative estimate of drug-likeness (QED) is 0.336. The summed E-state index contributed by atoms with van der Waals surface area (Å²) in [6, 6.07) is 12.4. The Kier molecular flexibility index (Phi) is 6.14. The number of para-hydroxylation sites is 2. The molecule has 1 amide bonds. The molecule has 0 saturated heterocycles. The van der Waals surface area contributed by atoms with E-state index < -0.39 is 22.3 Å². The fourth-order valence-corrected chi connectivity index (χ4v) is 4.19. The summed E-state index contributed by atoms with van der Waals surface area (Å²) in [4.78, 5) is 28.9. The molecule has 3 rings (SSSR count). The van der Waals surface area contributed by atoms with Crippen LogP contribution < -0.4 is 5.73 Å². The Morgan fingerprint density at radius 2 is 1.83 bits per heavy atom. The van der Waals surface area contributed by atoms with Gasteiger partial charge in [-0.25, -0.2) is 4.31 Å². The molecule has 3 N–H and O–H groups in total. The fourth-order valence-electron chi connectivity index (χ4n) is 3.39. The number of hydrogen-bond acceptors (Lipinski definition) is 6. The van der Waals surface area contributed by atoms with E-state index in [9.17, 15) is 22.6 Å². The molecular weight excluding hydrogens is 406 g/mol. The lowest BCUT2D eigenvalue weighted by Gasteiger charge is -2.25. The molecule has 3 aromatic rings. The first kappa shape index (κ1) is 21.4. The van der Waals surface area contributed by atoms with Crippen molar-refractivity contribution in [3.05, 3.63) is 60.3 Å². The lowest BCUT2D eigenvalue weighted by atomic mass is 9.97. The number of hydrogen-bond donors (Lipinski definition) is 2. The fraction of sp³-hybridized carbons (Fsp3) is 0.190. The molecule has 1 atom stereocenters. The molecule has 0 bridgehead atoms. The van der Waals surface area contributed by atoms with Gasteiger partial charge in [-0.1, -0.05) is 49.7 Å². The van der Waals surface area contributed by atoms with Crippen molar-refractivity contribution in [2.45, 2.75) is 25.8 Å². The van der Waals surface area contributed by atoms with Gasteiger partial charge in [-0.15, -0.1) is 0 Å². The summed E-state index contributed by atoms with van der Waals surface area (Å²) in [5.41, 5.74) is 7.97. The summed E-state index contributed by atoms with van der Waals surface area (Å²) < 4.78 is 33.6. The number of carbonyl (C=O) groups is 2. The third-order valence-electron chi connectivity index (χ3n) is 4.75. The van der Waals surface area contributed by atoms with Crippen molar-refractivity contribution in [3.63, 3.8) is 0 Å². The summed E-state index contributed by atoms with van der Waals surface area (Å²) in [6.07, 6.45) is 2.46. The van der Waals surface area contributed by atoms with Gasteiger partial charge in [0.2, 0.25) is 0 Å². The average molecular weight is 427 g/mol. The van der Waals surface area contributed by atoms with Crippen LogP contribution in [0.4, 0.5) is 5.69 Å². The van der Waals surface area contributed by atoms with E-state index in [0.717, 1.165) is 5.39 Å². The second-order valence-corrected chi connectivity index (χ2v) is 8.01. The number of aldehydes is 1. The van der Waals surface area contributed by atoms with Crippen LogP contribution in [0.1, 0.15) is 30.1 Å². The summed E-state index contributed by atoms with van der Waals surface area (Å²) in [5.74, 6) is -1.07. The zero-order valence-corrected chi connectivity index (χ0v) is 17.0. The molecule has 0 radical (unpaired) electrons. The zero-order chi connectivity index (χ0) is 21.9. The van der Waals surface area contributed by atoms with Gasteiger partial charge in [0.15, 0.2) is 0 Å². The molecule has 0 aliphatic rings. The Hall–Kier alpha value is -3.30. The van der Waals surface area contributed by atoms with Crippen LogP contribution in [0.2, 0.25) is 0 Å². The maximum absolute atomic E-state index is 13.1. The van der Waals surface area contributed by atoms with Crippen LogP contribution in [0, 0.1) is 0 Å². The molecular formula is C21H21N3O5S. The highest BCUT2D eigenvalue weighted by Crippen LogP contribution is 2.34. The second-order valence-electron chi connectivity index (χ2n) is 6.72. The zero-order valence-electron chi connectivity index (χ0n) is 16.2. The number of fused-ring (bicyclic) bond motifs is 1. The largest absolute Gasteiger partial charge is 0.398 e. The minimum atomic E-state index is -4.99. The topological polar surface area (TPSA) is 131 Å². The van der Waals surface area contributed by atoms with E-state index in [2.05, 4.69) is 4.98 Å². The normalized spacial score (nSPS) is 12.5. The Labute approximate surface area is 174 Å². The molecule has 0 saturated carbocycles. The van der Waals surface area contributed by atoms with E-state index in [1.165, 1.54) is 6.07 Å². The molecule has 0 fully saturated rings. The Bertz CT molecular complexity index is 1200. The highest BCUT2D eigenvalue weighted by molar-refractivity contribution is 7.84. The van der Waals surface area contributed by atoms with Crippen LogP contribution in [-0.2, 0) is 15.1 Å². The predicted molar refractivity (Wildman–Crippen MR) is 114 cm³/mol. The third-order valence-corrected chi connectivity index (χ3v) is 5.68. The molecule has 0 aliphatic carbocycles. The van der Waals surface area contributed by atoms with Gasteiger partial charge in [0, 0.05) is 22.7 Å². The standard InChI is InChI=1S/C21H21N3O5S/c1-2-6-15(13-25)24(30(27,28)29)21(26)18-11-4-9-16(19(18)22)17-10-3-7-14-8-5-12-23-20(14)17/h3-5,7-13,15H,2,6,22H2,1H3,(H,27,28,29). The van der Waals surface area contributed by atoms with Crippen LogP contribution in [0.15, 0.2) is 54.7 Å². The lowest BCUT2D eigenvalue weighted by molar-refractivity contribution is -0.110. The van der Waals surface area contributed by atoms with Crippen molar-refractivity contribution in [2.24, 2.45) is 0 Å². The number of amides is 1. The summed E-state index contributed by atoms with van der Waals surface area (Å²) >= 11 is 0. The molecule has 1 aromatic heterocycles. The van der Waals surface area contributed by atoms with Crippen molar-refractivity contribution in [3.8, 4) is 11.1 Å². The van der Waals surface area contributed by atoms with Gasteiger partial charge in [0.1, 0.15) is 12.3 Å². The third kappa shape index (κ3) is 4.03. The van der Waals surface area contributed by atoms with Gasteiger partial charge in [0.25, 0.3) is 5.91 Å². The molecule has 1 heterocycles. The molecule has 156 valence electrons. The molecule has 0 aliphatic heterocycles. The van der Waals surface area contributed by atoms with Crippen molar-refractivity contribution in [2.75, 3.05) is 5.73 Å². The van der Waals surface area contributed by atoms with E-state index in [4.69, 9.17) is 5.73 Å². The van der Waals surface area contributed by atoms with Gasteiger partial charge in [-0.05, 0) is 18.6 Å². The molecule has 30 heavy (non-hydrogen) atoms. The lowest BCUT2D eigenvalue weighted by Crippen LogP contribution is -2.45. The highest BCUT2D eigenvalue weighted by atomic mass is 32.2. The monoisotopic (exact) mass is 427 g/mol. The van der Waals surface area contributed by atoms with E-state index in [1.54, 1.807) is 37.4 Å². The molecule has 9 heteroatoms. The summed E-state index contributed by atoms with van der Waals surface area (Å²) in [5, 5.41) is 0.870. The Morgan fingerprint density at radius 3 is 2.50 bits per heavy atom. The molecule has 2 aromatic carbocycles. The van der Waals surface area contributed by atoms with Gasteiger partial charge in [-0.2, -0.15) is 8.42 Å². The molecule has 0 spiro atoms. The van der Waals surface area contributed by atoms with Crippen LogP contribution in [-0.4, -0.2) is 40.5 Å². The van der Waals surface area contributed by atoms with Crippen LogP contribution in [0.3, 0.4) is 0 Å². The van der Waals surface area contributed by atoms with Crippen LogP contribution in [0.5, 0.6) is 0 Å². The van der Waals surface area contributed by atoms with Gasteiger partial charge in [-0.3, -0.25) is 14.3 Å². The van der Waals surface area contributed by atoms with E-state index in [0.29, 0.717) is 29.4 Å². The van der Waals surface area contributed by atoms with Crippen LogP contribution in [0.25, 0.3) is 22.0 Å². The number of nitrogen functional groups attached to an aromatic ring is 1. The molecule has 8 nitrogen and oxygen atoms in total. The van der Waals surface area contributed by atoms with E-state index in [1.807, 2.05) is 18.2 Å². The number of nitrogens with zero attached hydrogens (tertiary/aromatic N) is 2. The SMILES string of the molecule is CCCC(C=O)N(C(=O)c1cccc(-c2cccc3cccnc23)c1N)S(=O)(=O)O. The summed E-state index contributed by atoms with van der Waals surface area (Å²) in [7, 11) is -4.99. The first-order valence-electron chi connectivity index (χ1n) is 9.28. The number of carbonyl (C=O) groups excluding carboxylic acids is 2. The highest BCUT2D eigenvalue weighted by Gasteiger charge is 2.34. The number of benzene rings is 2. The Morgan fingerprint density at radius 1 is 1.17 bits per heavy atom. The minimum Gasteiger partial charge on any atom is -0.398 e. The van der Waals surface area contributed by atoms with E-state index in [-0.39, 0.29) is 22.0 Å². The van der Waals surface area contributed by atoms with Crippen molar-refractivity contribution >= 4 is 39.1 Å². The van der Waals surface area contributed by atoms with Crippen molar-refractivity contribution < 1.29 is 22.6 Å². The first-order chi connectivity index (χ1) is 14.3. The number of aromatic nitrogens is 1. The van der Waals surface area contributed by atoms with Gasteiger partial charge >= 0.3 is 10.3 Å². The minimum absolute atomic E-state index is 0.0236. The smallest absolute Gasteiger partial charge is 0.363 e. The maximum Gasteiger partial charge on any atom is 0.363 e. The number of rotatable bonds is 7. The van der Waals surface area contributed by atoms with Crippen molar-refractivity contribution in [1.29, 1.82) is 0 Å². The number of anilines is 1. The summed E-state index contributed by atoms with van der Waals surface area (Å²) in [6.45, 7) is 1.73. The van der Waals surface area contributed by atoms with Gasteiger partial charge < -0.3 is 10.5 Å². The van der Waals surface area contributed by atoms with Gasteiger partial charge in [0.05, 0.1) is 16.8 Å². The number of nitrogens with two attached hydrogens (primary N) is 1. The number of pyridine rings is 1.